The molecule has 106 valence electrons. The second kappa shape index (κ2) is 7.61. The van der Waals surface area contributed by atoms with Gasteiger partial charge in [-0.3, -0.25) is 9.88 Å². The summed E-state index contributed by atoms with van der Waals surface area (Å²) < 4.78 is 5.70. The van der Waals surface area contributed by atoms with E-state index < -0.39 is 0 Å². The Balaban J connectivity index is 1.85. The third-order valence-electron chi connectivity index (χ3n) is 3.76. The van der Waals surface area contributed by atoms with Crippen molar-refractivity contribution in [3.05, 3.63) is 30.1 Å². The molecule has 0 amide bonds. The summed E-state index contributed by atoms with van der Waals surface area (Å²) in [5.41, 5.74) is 1.32. The molecule has 2 rings (SSSR count). The first-order valence-corrected chi connectivity index (χ1v) is 7.50. The van der Waals surface area contributed by atoms with Gasteiger partial charge in [-0.2, -0.15) is 0 Å². The van der Waals surface area contributed by atoms with Gasteiger partial charge < -0.3 is 4.74 Å². The van der Waals surface area contributed by atoms with Crippen LogP contribution in [0.4, 0.5) is 0 Å². The van der Waals surface area contributed by atoms with Crippen LogP contribution in [0.5, 0.6) is 0 Å². The summed E-state index contributed by atoms with van der Waals surface area (Å²) in [7, 11) is 0. The van der Waals surface area contributed by atoms with E-state index in [1.54, 1.807) is 0 Å². The van der Waals surface area contributed by atoms with E-state index in [9.17, 15) is 0 Å². The van der Waals surface area contributed by atoms with Gasteiger partial charge in [0.25, 0.3) is 0 Å². The Morgan fingerprint density at radius 1 is 1.42 bits per heavy atom. The smallest absolute Gasteiger partial charge is 0.0518 e. The molecule has 0 bridgehead atoms. The zero-order chi connectivity index (χ0) is 13.5. The maximum atomic E-state index is 5.70. The van der Waals surface area contributed by atoms with Crippen molar-refractivity contribution in [2.45, 2.75) is 58.2 Å². The van der Waals surface area contributed by atoms with Crippen LogP contribution in [0.15, 0.2) is 24.5 Å². The minimum atomic E-state index is 0.343. The average molecular weight is 262 g/mol. The lowest BCUT2D eigenvalue weighted by molar-refractivity contribution is 0.0457. The summed E-state index contributed by atoms with van der Waals surface area (Å²) in [6, 6.07) is 4.87. The molecule has 0 N–H and O–H groups in total. The van der Waals surface area contributed by atoms with Gasteiger partial charge in [-0.05, 0) is 51.3 Å². The molecule has 0 aromatic carbocycles. The van der Waals surface area contributed by atoms with Crippen LogP contribution in [0.2, 0.25) is 0 Å². The molecule has 19 heavy (non-hydrogen) atoms. The SMILES string of the molecule is CC(C)OCC[C@@H]1CCCCN1Cc1cccnc1. The molecule has 1 atom stereocenters. The highest BCUT2D eigenvalue weighted by molar-refractivity contribution is 5.08. The van der Waals surface area contributed by atoms with E-state index in [2.05, 4.69) is 29.8 Å². The van der Waals surface area contributed by atoms with Gasteiger partial charge in [0.15, 0.2) is 0 Å². The van der Waals surface area contributed by atoms with E-state index in [0.717, 1.165) is 19.6 Å². The molecule has 1 aliphatic heterocycles. The highest BCUT2D eigenvalue weighted by Gasteiger charge is 2.22. The van der Waals surface area contributed by atoms with Crippen LogP contribution in [0.25, 0.3) is 0 Å². The maximum Gasteiger partial charge on any atom is 0.0518 e. The first kappa shape index (κ1) is 14.5. The number of rotatable bonds is 6. The first-order chi connectivity index (χ1) is 9.25. The molecule has 0 saturated carbocycles. The fourth-order valence-corrected chi connectivity index (χ4v) is 2.76. The van der Waals surface area contributed by atoms with Gasteiger partial charge in [0.05, 0.1) is 6.10 Å². The lowest BCUT2D eigenvalue weighted by Gasteiger charge is -2.35. The second-order valence-electron chi connectivity index (χ2n) is 5.69. The van der Waals surface area contributed by atoms with Gasteiger partial charge in [-0.25, -0.2) is 0 Å². The van der Waals surface area contributed by atoms with Crippen LogP contribution < -0.4 is 0 Å². The highest BCUT2D eigenvalue weighted by atomic mass is 16.5. The Morgan fingerprint density at radius 2 is 2.32 bits per heavy atom. The molecule has 0 spiro atoms. The number of hydrogen-bond acceptors (Lipinski definition) is 3. The summed E-state index contributed by atoms with van der Waals surface area (Å²) >= 11 is 0. The van der Waals surface area contributed by atoms with Crippen molar-refractivity contribution in [3.8, 4) is 0 Å². The van der Waals surface area contributed by atoms with Crippen LogP contribution >= 0.6 is 0 Å². The molecule has 3 nitrogen and oxygen atoms in total. The molecule has 1 aromatic heterocycles. The number of likely N-dealkylation sites (tertiary alicyclic amines) is 1. The van der Waals surface area contributed by atoms with Crippen LogP contribution in [0.3, 0.4) is 0 Å². The number of aromatic nitrogens is 1. The highest BCUT2D eigenvalue weighted by Crippen LogP contribution is 2.21. The Hall–Kier alpha value is -0.930. The number of hydrogen-bond donors (Lipinski definition) is 0. The van der Waals surface area contributed by atoms with E-state index in [4.69, 9.17) is 4.74 Å². The van der Waals surface area contributed by atoms with E-state index in [0.29, 0.717) is 12.1 Å². The summed E-state index contributed by atoms with van der Waals surface area (Å²) in [5.74, 6) is 0. The summed E-state index contributed by atoms with van der Waals surface area (Å²) in [6.07, 6.45) is 9.30. The number of pyridine rings is 1. The van der Waals surface area contributed by atoms with Crippen molar-refractivity contribution in [1.82, 2.24) is 9.88 Å². The molecule has 0 aliphatic carbocycles. The first-order valence-electron chi connectivity index (χ1n) is 7.50. The minimum Gasteiger partial charge on any atom is -0.379 e. The van der Waals surface area contributed by atoms with E-state index in [1.807, 2.05) is 18.5 Å². The quantitative estimate of drug-likeness (QED) is 0.787. The summed E-state index contributed by atoms with van der Waals surface area (Å²) in [4.78, 5) is 6.81. The predicted molar refractivity (Wildman–Crippen MR) is 78.0 cm³/mol. The molecule has 0 unspecified atom stereocenters. The monoisotopic (exact) mass is 262 g/mol. The summed E-state index contributed by atoms with van der Waals surface area (Å²) in [6.45, 7) is 7.33. The van der Waals surface area contributed by atoms with Crippen molar-refractivity contribution in [3.63, 3.8) is 0 Å². The molecule has 1 saturated heterocycles. The largest absolute Gasteiger partial charge is 0.379 e. The fourth-order valence-electron chi connectivity index (χ4n) is 2.76. The Morgan fingerprint density at radius 3 is 3.05 bits per heavy atom. The van der Waals surface area contributed by atoms with Crippen molar-refractivity contribution >= 4 is 0 Å². The molecule has 0 radical (unpaired) electrons. The van der Waals surface area contributed by atoms with Gasteiger partial charge in [-0.15, -0.1) is 0 Å². The normalized spacial score (nSPS) is 20.9. The Kier molecular flexibility index (Phi) is 5.80. The van der Waals surface area contributed by atoms with Gasteiger partial charge in [-0.1, -0.05) is 12.5 Å². The number of piperidine rings is 1. The number of ether oxygens (including phenoxy) is 1. The lowest BCUT2D eigenvalue weighted by Crippen LogP contribution is -2.39. The van der Waals surface area contributed by atoms with Gasteiger partial charge in [0.2, 0.25) is 0 Å². The number of nitrogens with zero attached hydrogens (tertiary/aromatic N) is 2. The molecule has 1 aromatic rings. The second-order valence-corrected chi connectivity index (χ2v) is 5.69. The minimum absolute atomic E-state index is 0.343. The van der Waals surface area contributed by atoms with E-state index >= 15 is 0 Å². The zero-order valence-electron chi connectivity index (χ0n) is 12.2. The standard InChI is InChI=1S/C16H26N2O/c1-14(2)19-11-8-16-7-3-4-10-18(16)13-15-6-5-9-17-12-15/h5-6,9,12,14,16H,3-4,7-8,10-11,13H2,1-2H3/t16-/m0/s1. The van der Waals surface area contributed by atoms with E-state index in [1.165, 1.54) is 31.4 Å². The molecule has 2 heterocycles. The fraction of sp³-hybridized carbons (Fsp3) is 0.688. The van der Waals surface area contributed by atoms with Crippen molar-refractivity contribution < 1.29 is 4.74 Å². The molecule has 1 aliphatic rings. The van der Waals surface area contributed by atoms with Gasteiger partial charge in [0, 0.05) is 31.6 Å². The van der Waals surface area contributed by atoms with Crippen LogP contribution in [-0.4, -0.2) is 35.2 Å². The molecular formula is C16H26N2O. The molecular weight excluding hydrogens is 236 g/mol. The van der Waals surface area contributed by atoms with Crippen molar-refractivity contribution in [2.75, 3.05) is 13.2 Å². The molecule has 3 heteroatoms. The predicted octanol–water partition coefficient (Wildman–Crippen LogP) is 3.25. The lowest BCUT2D eigenvalue weighted by atomic mass is 9.99. The van der Waals surface area contributed by atoms with Crippen molar-refractivity contribution in [2.24, 2.45) is 0 Å². The van der Waals surface area contributed by atoms with Crippen LogP contribution in [0.1, 0.15) is 45.1 Å². The zero-order valence-corrected chi connectivity index (χ0v) is 12.2. The molecule has 1 fully saturated rings. The van der Waals surface area contributed by atoms with Gasteiger partial charge in [0.1, 0.15) is 0 Å². The third-order valence-corrected chi connectivity index (χ3v) is 3.76. The van der Waals surface area contributed by atoms with Gasteiger partial charge >= 0.3 is 0 Å². The van der Waals surface area contributed by atoms with Crippen molar-refractivity contribution in [1.29, 1.82) is 0 Å². The Bertz CT molecular complexity index is 353. The van der Waals surface area contributed by atoms with E-state index in [-0.39, 0.29) is 0 Å². The average Bonchev–Trinajstić information content (AvgIpc) is 2.41. The Labute approximate surface area is 117 Å². The van der Waals surface area contributed by atoms with Crippen LogP contribution in [-0.2, 0) is 11.3 Å². The maximum absolute atomic E-state index is 5.70. The third kappa shape index (κ3) is 4.92. The van der Waals surface area contributed by atoms with Crippen LogP contribution in [0, 0.1) is 0 Å². The topological polar surface area (TPSA) is 25.4 Å². The summed E-state index contributed by atoms with van der Waals surface area (Å²) in [5, 5.41) is 0.